The highest BCUT2D eigenvalue weighted by molar-refractivity contribution is 6.31. The number of amides is 1. The van der Waals surface area contributed by atoms with E-state index >= 15 is 0 Å². The molecule has 0 aliphatic rings. The minimum Gasteiger partial charge on any atom is -0.323 e. The normalized spacial score (nSPS) is 12.0. The number of hydrogen-bond donors (Lipinski definition) is 2. The van der Waals surface area contributed by atoms with Crippen LogP contribution in [0.15, 0.2) is 18.2 Å². The molecule has 5 heteroatoms. The van der Waals surface area contributed by atoms with Gasteiger partial charge in [0.05, 0.1) is 17.3 Å². The number of carbonyl (C=O) groups is 1. The Labute approximate surface area is 105 Å². The summed E-state index contributed by atoms with van der Waals surface area (Å²) < 4.78 is 0. The van der Waals surface area contributed by atoms with E-state index in [4.69, 9.17) is 22.6 Å². The Morgan fingerprint density at radius 3 is 2.71 bits per heavy atom. The number of nitriles is 1. The van der Waals surface area contributed by atoms with Crippen molar-refractivity contribution < 1.29 is 4.79 Å². The first-order valence-electron chi connectivity index (χ1n) is 5.21. The van der Waals surface area contributed by atoms with Crippen molar-refractivity contribution in [2.45, 2.75) is 19.9 Å². The Morgan fingerprint density at radius 1 is 1.53 bits per heavy atom. The minimum atomic E-state index is -0.611. The van der Waals surface area contributed by atoms with Gasteiger partial charge in [-0.3, -0.25) is 4.79 Å². The highest BCUT2D eigenvalue weighted by Crippen LogP contribution is 2.20. The Morgan fingerprint density at radius 2 is 2.18 bits per heavy atom. The number of nitrogens with two attached hydrogens (primary N) is 1. The Balaban J connectivity index is 2.92. The number of hydrogen-bond acceptors (Lipinski definition) is 3. The summed E-state index contributed by atoms with van der Waals surface area (Å²) in [5.41, 5.74) is 6.46. The van der Waals surface area contributed by atoms with Gasteiger partial charge in [0.25, 0.3) is 0 Å². The molecular formula is C12H14ClN3O. The summed E-state index contributed by atoms with van der Waals surface area (Å²) in [6.45, 7) is 3.71. The van der Waals surface area contributed by atoms with Gasteiger partial charge in [-0.2, -0.15) is 5.26 Å². The molecule has 0 spiro atoms. The quantitative estimate of drug-likeness (QED) is 0.864. The van der Waals surface area contributed by atoms with Gasteiger partial charge in [-0.05, 0) is 24.1 Å². The molecule has 17 heavy (non-hydrogen) atoms. The van der Waals surface area contributed by atoms with Gasteiger partial charge in [0.2, 0.25) is 5.91 Å². The summed E-state index contributed by atoms with van der Waals surface area (Å²) in [4.78, 5) is 11.7. The van der Waals surface area contributed by atoms with Gasteiger partial charge < -0.3 is 11.1 Å². The lowest BCUT2D eigenvalue weighted by molar-refractivity contribution is -0.118. The van der Waals surface area contributed by atoms with Crippen LogP contribution in [0, 0.1) is 17.2 Å². The average Bonchev–Trinajstić information content (AvgIpc) is 2.28. The zero-order chi connectivity index (χ0) is 13.0. The van der Waals surface area contributed by atoms with Crippen LogP contribution in [-0.2, 0) is 4.79 Å². The Bertz CT molecular complexity index is 465. The maximum atomic E-state index is 11.7. The maximum Gasteiger partial charge on any atom is 0.241 e. The number of halogens is 1. The Kier molecular flexibility index (Phi) is 4.50. The maximum absolute atomic E-state index is 11.7. The van der Waals surface area contributed by atoms with Crippen molar-refractivity contribution in [3.8, 4) is 6.07 Å². The van der Waals surface area contributed by atoms with Crippen LogP contribution in [0.5, 0.6) is 0 Å². The van der Waals surface area contributed by atoms with Crippen molar-refractivity contribution in [1.29, 1.82) is 5.26 Å². The number of nitrogens with one attached hydrogen (secondary N) is 1. The number of nitrogens with zero attached hydrogens (tertiary/aromatic N) is 1. The van der Waals surface area contributed by atoms with Crippen molar-refractivity contribution in [3.05, 3.63) is 28.8 Å². The van der Waals surface area contributed by atoms with Gasteiger partial charge in [-0.1, -0.05) is 25.4 Å². The lowest BCUT2D eigenvalue weighted by Crippen LogP contribution is -2.39. The lowest BCUT2D eigenvalue weighted by atomic mass is 10.0. The van der Waals surface area contributed by atoms with E-state index in [9.17, 15) is 4.79 Å². The topological polar surface area (TPSA) is 78.9 Å². The summed E-state index contributed by atoms with van der Waals surface area (Å²) in [6, 6.07) is 6.05. The van der Waals surface area contributed by atoms with Gasteiger partial charge in [-0.15, -0.1) is 0 Å². The minimum absolute atomic E-state index is 0.0275. The summed E-state index contributed by atoms with van der Waals surface area (Å²) in [6.07, 6.45) is 0. The molecular weight excluding hydrogens is 238 g/mol. The van der Waals surface area contributed by atoms with E-state index in [-0.39, 0.29) is 11.8 Å². The molecule has 0 heterocycles. The van der Waals surface area contributed by atoms with Crippen molar-refractivity contribution in [1.82, 2.24) is 0 Å². The number of anilines is 1. The van der Waals surface area contributed by atoms with Crippen molar-refractivity contribution in [3.63, 3.8) is 0 Å². The van der Waals surface area contributed by atoms with Crippen molar-refractivity contribution >= 4 is 23.2 Å². The second-order valence-corrected chi connectivity index (χ2v) is 4.50. The fraction of sp³-hybridized carbons (Fsp3) is 0.333. The van der Waals surface area contributed by atoms with Crippen LogP contribution in [0.1, 0.15) is 19.4 Å². The number of carbonyl (C=O) groups excluding carboxylic acids is 1. The van der Waals surface area contributed by atoms with Gasteiger partial charge in [0.1, 0.15) is 6.07 Å². The van der Waals surface area contributed by atoms with Crippen LogP contribution in [0.2, 0.25) is 5.02 Å². The van der Waals surface area contributed by atoms with Gasteiger partial charge in [-0.25, -0.2) is 0 Å². The number of benzene rings is 1. The predicted molar refractivity (Wildman–Crippen MR) is 67.6 cm³/mol. The second-order valence-electron chi connectivity index (χ2n) is 4.06. The smallest absolute Gasteiger partial charge is 0.241 e. The lowest BCUT2D eigenvalue weighted by Gasteiger charge is -2.16. The van der Waals surface area contributed by atoms with Crippen molar-refractivity contribution in [2.24, 2.45) is 11.7 Å². The number of rotatable bonds is 3. The van der Waals surface area contributed by atoms with Crippen LogP contribution < -0.4 is 11.1 Å². The first kappa shape index (κ1) is 13.5. The molecule has 1 aromatic rings. The molecule has 0 aliphatic heterocycles. The van der Waals surface area contributed by atoms with Crippen LogP contribution >= 0.6 is 11.6 Å². The zero-order valence-electron chi connectivity index (χ0n) is 9.70. The highest BCUT2D eigenvalue weighted by Gasteiger charge is 2.18. The SMILES string of the molecule is CC(C)[C@H](N)C(=O)Nc1cc(Cl)ccc1C#N. The molecule has 0 aliphatic carbocycles. The largest absolute Gasteiger partial charge is 0.323 e. The second kappa shape index (κ2) is 5.67. The van der Waals surface area contributed by atoms with E-state index in [1.807, 2.05) is 19.9 Å². The summed E-state index contributed by atoms with van der Waals surface area (Å²) in [7, 11) is 0. The first-order valence-corrected chi connectivity index (χ1v) is 5.59. The van der Waals surface area contributed by atoms with Crippen LogP contribution in [-0.4, -0.2) is 11.9 Å². The fourth-order valence-electron chi connectivity index (χ4n) is 1.24. The fourth-order valence-corrected chi connectivity index (χ4v) is 1.41. The molecule has 1 rings (SSSR count). The predicted octanol–water partition coefficient (Wildman–Crippen LogP) is 2.13. The van der Waals surface area contributed by atoms with E-state index in [2.05, 4.69) is 5.32 Å². The third-order valence-corrected chi connectivity index (χ3v) is 2.62. The van der Waals surface area contributed by atoms with Crippen LogP contribution in [0.25, 0.3) is 0 Å². The van der Waals surface area contributed by atoms with Gasteiger partial charge >= 0.3 is 0 Å². The third-order valence-electron chi connectivity index (χ3n) is 2.38. The molecule has 0 saturated carbocycles. The van der Waals surface area contributed by atoms with Gasteiger partial charge in [0, 0.05) is 5.02 Å². The van der Waals surface area contributed by atoms with Gasteiger partial charge in [0.15, 0.2) is 0 Å². The van der Waals surface area contributed by atoms with E-state index in [0.29, 0.717) is 16.3 Å². The van der Waals surface area contributed by atoms with Crippen molar-refractivity contribution in [2.75, 3.05) is 5.32 Å². The summed E-state index contributed by atoms with van der Waals surface area (Å²) in [5.74, 6) is -0.293. The average molecular weight is 252 g/mol. The zero-order valence-corrected chi connectivity index (χ0v) is 10.5. The molecule has 0 fully saturated rings. The molecule has 3 N–H and O–H groups in total. The van der Waals surface area contributed by atoms with E-state index < -0.39 is 6.04 Å². The summed E-state index contributed by atoms with van der Waals surface area (Å²) >= 11 is 5.81. The molecule has 0 bridgehead atoms. The third kappa shape index (κ3) is 3.45. The molecule has 0 saturated heterocycles. The molecule has 4 nitrogen and oxygen atoms in total. The van der Waals surface area contributed by atoms with E-state index in [1.54, 1.807) is 12.1 Å². The van der Waals surface area contributed by atoms with Crippen LogP contribution in [0.4, 0.5) is 5.69 Å². The van der Waals surface area contributed by atoms with Crippen LogP contribution in [0.3, 0.4) is 0 Å². The highest BCUT2D eigenvalue weighted by atomic mass is 35.5. The monoisotopic (exact) mass is 251 g/mol. The molecule has 0 radical (unpaired) electrons. The Hall–Kier alpha value is -1.57. The molecule has 1 aromatic carbocycles. The molecule has 0 unspecified atom stereocenters. The first-order chi connectivity index (χ1) is 7.95. The summed E-state index contributed by atoms with van der Waals surface area (Å²) in [5, 5.41) is 12.0. The molecule has 1 atom stereocenters. The standard InChI is InChI=1S/C12H14ClN3O/c1-7(2)11(15)12(17)16-10-5-9(13)4-3-8(10)6-14/h3-5,7,11H,15H2,1-2H3,(H,16,17)/t11-/m0/s1. The molecule has 1 amide bonds. The van der Waals surface area contributed by atoms with E-state index in [1.165, 1.54) is 6.07 Å². The molecule has 0 aromatic heterocycles. The molecule has 90 valence electrons. The van der Waals surface area contributed by atoms with E-state index in [0.717, 1.165) is 0 Å².